The van der Waals surface area contributed by atoms with Crippen molar-refractivity contribution in [3.63, 3.8) is 0 Å². The highest BCUT2D eigenvalue weighted by molar-refractivity contribution is 5.93. The molecular formula is C25H31N3O3. The number of ether oxygens (including phenoxy) is 1. The van der Waals surface area contributed by atoms with Crippen LogP contribution in [0.4, 0.5) is 5.69 Å². The first-order valence-electron chi connectivity index (χ1n) is 11.3. The number of amides is 1. The van der Waals surface area contributed by atoms with Crippen molar-refractivity contribution in [2.75, 3.05) is 38.3 Å². The summed E-state index contributed by atoms with van der Waals surface area (Å²) >= 11 is 0. The Kier molecular flexibility index (Phi) is 5.36. The summed E-state index contributed by atoms with van der Waals surface area (Å²) < 4.78 is 5.36. The predicted molar refractivity (Wildman–Crippen MR) is 120 cm³/mol. The summed E-state index contributed by atoms with van der Waals surface area (Å²) in [5.74, 6) is 1.15. The average molecular weight is 422 g/mol. The fraction of sp³-hybridized carbons (Fsp3) is 0.480. The second kappa shape index (κ2) is 8.17. The number of carbonyl (C=O) groups excluding carboxylic acids is 1. The largest absolute Gasteiger partial charge is 0.497 e. The van der Waals surface area contributed by atoms with Gasteiger partial charge >= 0.3 is 0 Å². The van der Waals surface area contributed by atoms with Crippen LogP contribution in [0.15, 0.2) is 48.5 Å². The quantitative estimate of drug-likeness (QED) is 0.795. The van der Waals surface area contributed by atoms with Crippen molar-refractivity contribution >= 4 is 11.6 Å². The Morgan fingerprint density at radius 3 is 2.68 bits per heavy atom. The lowest BCUT2D eigenvalue weighted by atomic mass is 9.80. The Labute approximate surface area is 183 Å². The van der Waals surface area contributed by atoms with Crippen LogP contribution in [-0.4, -0.2) is 54.9 Å². The number of nitrogens with zero attached hydrogens (tertiary/aromatic N) is 2. The number of rotatable bonds is 4. The van der Waals surface area contributed by atoms with E-state index in [0.29, 0.717) is 6.67 Å². The number of anilines is 1. The molecule has 5 rings (SSSR count). The maximum atomic E-state index is 12.9. The first kappa shape index (κ1) is 20.3. The maximum absolute atomic E-state index is 12.9. The summed E-state index contributed by atoms with van der Waals surface area (Å²) in [6.45, 7) is 3.17. The van der Waals surface area contributed by atoms with Crippen molar-refractivity contribution < 1.29 is 14.6 Å². The molecule has 6 nitrogen and oxygen atoms in total. The SMILES string of the molecule is COc1ccc2c(c1)C(O)C(CN1CCC3(CC1)C(=O)NCN3c1ccccc1)CC2. The summed E-state index contributed by atoms with van der Waals surface area (Å²) in [5, 5.41) is 14.1. The van der Waals surface area contributed by atoms with E-state index >= 15 is 0 Å². The van der Waals surface area contributed by atoms with Crippen LogP contribution in [0.1, 0.15) is 36.5 Å². The van der Waals surface area contributed by atoms with Gasteiger partial charge in [-0.1, -0.05) is 24.3 Å². The van der Waals surface area contributed by atoms with E-state index in [4.69, 9.17) is 4.74 Å². The third-order valence-corrected chi connectivity index (χ3v) is 7.48. The zero-order valence-electron chi connectivity index (χ0n) is 18.1. The molecule has 2 aromatic carbocycles. The fourth-order valence-corrected chi connectivity index (χ4v) is 5.62. The van der Waals surface area contributed by atoms with E-state index in [0.717, 1.165) is 62.3 Å². The molecule has 0 saturated carbocycles. The van der Waals surface area contributed by atoms with Crippen molar-refractivity contribution in [1.29, 1.82) is 0 Å². The van der Waals surface area contributed by atoms with E-state index in [1.807, 2.05) is 30.3 Å². The molecule has 6 heteroatoms. The van der Waals surface area contributed by atoms with Gasteiger partial charge in [0.15, 0.2) is 0 Å². The van der Waals surface area contributed by atoms with Gasteiger partial charge in [0.1, 0.15) is 11.3 Å². The third kappa shape index (κ3) is 3.58. The van der Waals surface area contributed by atoms with Gasteiger partial charge in [-0.3, -0.25) is 4.79 Å². The highest BCUT2D eigenvalue weighted by Gasteiger charge is 2.50. The second-order valence-electron chi connectivity index (χ2n) is 9.07. The number of para-hydroxylation sites is 1. The number of methoxy groups -OCH3 is 1. The number of nitrogens with one attached hydrogen (secondary N) is 1. The number of fused-ring (bicyclic) bond motifs is 1. The van der Waals surface area contributed by atoms with Gasteiger partial charge in [0.25, 0.3) is 0 Å². The van der Waals surface area contributed by atoms with Crippen LogP contribution in [0.5, 0.6) is 5.75 Å². The molecule has 2 atom stereocenters. The van der Waals surface area contributed by atoms with Crippen LogP contribution >= 0.6 is 0 Å². The Hall–Kier alpha value is -2.57. The number of carbonyl (C=O) groups is 1. The van der Waals surface area contributed by atoms with E-state index in [9.17, 15) is 9.90 Å². The molecule has 0 aromatic heterocycles. The van der Waals surface area contributed by atoms with Crippen LogP contribution in [-0.2, 0) is 11.2 Å². The molecule has 2 heterocycles. The smallest absolute Gasteiger partial charge is 0.247 e. The Balaban J connectivity index is 1.26. The summed E-state index contributed by atoms with van der Waals surface area (Å²) in [4.78, 5) is 17.5. The van der Waals surface area contributed by atoms with Gasteiger partial charge in [0.05, 0.1) is 19.9 Å². The molecular weight excluding hydrogens is 390 g/mol. The first-order chi connectivity index (χ1) is 15.1. The van der Waals surface area contributed by atoms with Crippen molar-refractivity contribution in [3.8, 4) is 5.75 Å². The zero-order chi connectivity index (χ0) is 21.4. The van der Waals surface area contributed by atoms with Crippen molar-refractivity contribution in [2.24, 2.45) is 5.92 Å². The monoisotopic (exact) mass is 421 g/mol. The van der Waals surface area contributed by atoms with Crippen LogP contribution in [0.2, 0.25) is 0 Å². The zero-order valence-corrected chi connectivity index (χ0v) is 18.1. The van der Waals surface area contributed by atoms with E-state index in [-0.39, 0.29) is 11.8 Å². The van der Waals surface area contributed by atoms with Gasteiger partial charge in [-0.2, -0.15) is 0 Å². The number of aliphatic hydroxyl groups is 1. The van der Waals surface area contributed by atoms with Crippen LogP contribution in [0.25, 0.3) is 0 Å². The van der Waals surface area contributed by atoms with Crippen LogP contribution < -0.4 is 15.0 Å². The summed E-state index contributed by atoms with van der Waals surface area (Å²) in [7, 11) is 1.66. The lowest BCUT2D eigenvalue weighted by Crippen LogP contribution is -2.57. The van der Waals surface area contributed by atoms with Crippen LogP contribution in [0, 0.1) is 5.92 Å². The van der Waals surface area contributed by atoms with Gasteiger partial charge in [-0.15, -0.1) is 0 Å². The number of aryl methyl sites for hydroxylation is 1. The topological polar surface area (TPSA) is 65.0 Å². The number of hydrogen-bond acceptors (Lipinski definition) is 5. The van der Waals surface area contributed by atoms with E-state index in [1.165, 1.54) is 5.56 Å². The number of likely N-dealkylation sites (tertiary alicyclic amines) is 1. The fourth-order valence-electron chi connectivity index (χ4n) is 5.62. The summed E-state index contributed by atoms with van der Waals surface area (Å²) in [5.41, 5.74) is 2.88. The molecule has 2 N–H and O–H groups in total. The molecule has 1 aliphatic carbocycles. The third-order valence-electron chi connectivity index (χ3n) is 7.48. The standard InChI is InChI=1S/C25H31N3O3/c1-31-21-10-9-18-7-8-19(23(29)22(18)15-21)16-27-13-11-25(12-14-27)24(30)26-17-28(25)20-5-3-2-4-6-20/h2-6,9-10,15,19,23,29H,7-8,11-14,16-17H2,1H3,(H,26,30). The Morgan fingerprint density at radius 1 is 1.16 bits per heavy atom. The Morgan fingerprint density at radius 2 is 1.94 bits per heavy atom. The van der Waals surface area contributed by atoms with Crippen molar-refractivity contribution in [1.82, 2.24) is 10.2 Å². The van der Waals surface area contributed by atoms with Crippen molar-refractivity contribution in [3.05, 3.63) is 59.7 Å². The molecule has 3 aliphatic rings. The van der Waals surface area contributed by atoms with Crippen LogP contribution in [0.3, 0.4) is 0 Å². The van der Waals surface area contributed by atoms with Gasteiger partial charge < -0.3 is 25.0 Å². The molecule has 2 unspecified atom stereocenters. The van der Waals surface area contributed by atoms with E-state index in [1.54, 1.807) is 7.11 Å². The number of piperidine rings is 1. The predicted octanol–water partition coefficient (Wildman–Crippen LogP) is 2.72. The van der Waals surface area contributed by atoms with Gasteiger partial charge in [0, 0.05) is 31.2 Å². The van der Waals surface area contributed by atoms with E-state index < -0.39 is 11.6 Å². The lowest BCUT2D eigenvalue weighted by molar-refractivity contribution is -0.125. The molecule has 2 fully saturated rings. The first-order valence-corrected chi connectivity index (χ1v) is 11.3. The van der Waals surface area contributed by atoms with Gasteiger partial charge in [0.2, 0.25) is 5.91 Å². The molecule has 1 amide bonds. The minimum absolute atomic E-state index is 0.148. The molecule has 164 valence electrons. The summed E-state index contributed by atoms with van der Waals surface area (Å²) in [6.07, 6.45) is 3.12. The highest BCUT2D eigenvalue weighted by Crippen LogP contribution is 2.39. The molecule has 31 heavy (non-hydrogen) atoms. The van der Waals surface area contributed by atoms with Gasteiger partial charge in [-0.05, 0) is 61.1 Å². The lowest BCUT2D eigenvalue weighted by Gasteiger charge is -2.44. The minimum Gasteiger partial charge on any atom is -0.497 e. The second-order valence-corrected chi connectivity index (χ2v) is 9.07. The van der Waals surface area contributed by atoms with E-state index in [2.05, 4.69) is 33.3 Å². The number of benzene rings is 2. The molecule has 0 radical (unpaired) electrons. The molecule has 0 bridgehead atoms. The normalized spacial score (nSPS) is 25.4. The highest BCUT2D eigenvalue weighted by atomic mass is 16.5. The van der Waals surface area contributed by atoms with Gasteiger partial charge in [-0.25, -0.2) is 0 Å². The average Bonchev–Trinajstić information content (AvgIpc) is 3.13. The molecule has 2 saturated heterocycles. The molecule has 1 spiro atoms. The molecule has 2 aromatic rings. The number of hydrogen-bond donors (Lipinski definition) is 2. The maximum Gasteiger partial charge on any atom is 0.247 e. The summed E-state index contributed by atoms with van der Waals surface area (Å²) in [6, 6.07) is 16.3. The molecule has 2 aliphatic heterocycles. The number of aliphatic hydroxyl groups excluding tert-OH is 1. The minimum atomic E-state index is -0.467. The Bertz CT molecular complexity index is 940. The van der Waals surface area contributed by atoms with Crippen molar-refractivity contribution in [2.45, 2.75) is 37.3 Å².